The first-order valence-electron chi connectivity index (χ1n) is 7.94. The van der Waals surface area contributed by atoms with Crippen molar-refractivity contribution in [3.8, 4) is 5.75 Å². The lowest BCUT2D eigenvalue weighted by Gasteiger charge is -2.34. The molecule has 1 aromatic rings. The summed E-state index contributed by atoms with van der Waals surface area (Å²) in [5.41, 5.74) is 1.26. The SMILES string of the molecule is CCCC1CCC(C(NC)c2cncc(OC)c2)CC1. The summed E-state index contributed by atoms with van der Waals surface area (Å²) in [6.07, 6.45) is 11.9. The van der Waals surface area contributed by atoms with Gasteiger partial charge in [-0.25, -0.2) is 0 Å². The van der Waals surface area contributed by atoms with Gasteiger partial charge in [-0.15, -0.1) is 0 Å². The fourth-order valence-corrected chi connectivity index (χ4v) is 3.61. The largest absolute Gasteiger partial charge is 0.495 e. The van der Waals surface area contributed by atoms with E-state index in [-0.39, 0.29) is 0 Å². The molecule has 0 spiro atoms. The Morgan fingerprint density at radius 1 is 1.30 bits per heavy atom. The molecule has 1 saturated carbocycles. The molecule has 20 heavy (non-hydrogen) atoms. The number of nitrogens with one attached hydrogen (secondary N) is 1. The molecule has 0 saturated heterocycles. The van der Waals surface area contributed by atoms with Gasteiger partial charge in [0, 0.05) is 12.2 Å². The summed E-state index contributed by atoms with van der Waals surface area (Å²) < 4.78 is 5.30. The van der Waals surface area contributed by atoms with Crippen molar-refractivity contribution < 1.29 is 4.74 Å². The minimum Gasteiger partial charge on any atom is -0.495 e. The van der Waals surface area contributed by atoms with Crippen LogP contribution in [0.15, 0.2) is 18.5 Å². The lowest BCUT2D eigenvalue weighted by molar-refractivity contribution is 0.219. The average molecular weight is 276 g/mol. The van der Waals surface area contributed by atoms with E-state index in [0.29, 0.717) is 6.04 Å². The molecule has 1 N–H and O–H groups in total. The summed E-state index contributed by atoms with van der Waals surface area (Å²) in [6.45, 7) is 2.30. The van der Waals surface area contributed by atoms with E-state index in [4.69, 9.17) is 4.74 Å². The van der Waals surface area contributed by atoms with Gasteiger partial charge >= 0.3 is 0 Å². The van der Waals surface area contributed by atoms with Crippen LogP contribution in [0.4, 0.5) is 0 Å². The van der Waals surface area contributed by atoms with E-state index in [0.717, 1.165) is 17.6 Å². The van der Waals surface area contributed by atoms with Gasteiger partial charge in [-0.3, -0.25) is 4.98 Å². The highest BCUT2D eigenvalue weighted by Crippen LogP contribution is 2.38. The Bertz CT molecular complexity index is 400. The van der Waals surface area contributed by atoms with Gasteiger partial charge in [0.25, 0.3) is 0 Å². The molecule has 112 valence electrons. The summed E-state index contributed by atoms with van der Waals surface area (Å²) in [5, 5.41) is 3.49. The molecular weight excluding hydrogens is 248 g/mol. The zero-order chi connectivity index (χ0) is 14.4. The second-order valence-electron chi connectivity index (χ2n) is 5.99. The highest BCUT2D eigenvalue weighted by molar-refractivity contribution is 5.26. The number of hydrogen-bond acceptors (Lipinski definition) is 3. The van der Waals surface area contributed by atoms with Crippen molar-refractivity contribution in [1.29, 1.82) is 0 Å². The molecule has 1 aliphatic carbocycles. The maximum Gasteiger partial charge on any atom is 0.137 e. The Morgan fingerprint density at radius 3 is 2.65 bits per heavy atom. The minimum absolute atomic E-state index is 0.403. The van der Waals surface area contributed by atoms with Gasteiger partial charge in [-0.05, 0) is 43.4 Å². The Labute approximate surface area is 123 Å². The van der Waals surface area contributed by atoms with E-state index in [1.54, 1.807) is 13.3 Å². The van der Waals surface area contributed by atoms with Crippen LogP contribution in [0.2, 0.25) is 0 Å². The molecule has 0 aromatic carbocycles. The first-order valence-corrected chi connectivity index (χ1v) is 7.94. The summed E-state index contributed by atoms with van der Waals surface area (Å²) in [5.74, 6) is 2.53. The van der Waals surface area contributed by atoms with Gasteiger partial charge in [-0.1, -0.05) is 32.6 Å². The van der Waals surface area contributed by atoms with Gasteiger partial charge in [-0.2, -0.15) is 0 Å². The predicted molar refractivity (Wildman–Crippen MR) is 82.9 cm³/mol. The third-order valence-electron chi connectivity index (χ3n) is 4.70. The summed E-state index contributed by atoms with van der Waals surface area (Å²) in [7, 11) is 3.76. The quantitative estimate of drug-likeness (QED) is 0.854. The van der Waals surface area contributed by atoms with Crippen LogP contribution in [-0.2, 0) is 0 Å². The molecule has 1 fully saturated rings. The van der Waals surface area contributed by atoms with E-state index >= 15 is 0 Å². The number of aromatic nitrogens is 1. The molecule has 1 unspecified atom stereocenters. The molecule has 0 aliphatic heterocycles. The number of ether oxygens (including phenoxy) is 1. The molecule has 0 radical (unpaired) electrons. The number of nitrogens with zero attached hydrogens (tertiary/aromatic N) is 1. The van der Waals surface area contributed by atoms with Crippen LogP contribution in [0.3, 0.4) is 0 Å². The Morgan fingerprint density at radius 2 is 2.05 bits per heavy atom. The summed E-state index contributed by atoms with van der Waals surface area (Å²) in [6, 6.07) is 2.52. The van der Waals surface area contributed by atoms with Gasteiger partial charge < -0.3 is 10.1 Å². The van der Waals surface area contributed by atoms with Crippen LogP contribution < -0.4 is 10.1 Å². The van der Waals surface area contributed by atoms with Gasteiger partial charge in [0.2, 0.25) is 0 Å². The van der Waals surface area contributed by atoms with Crippen molar-refractivity contribution in [3.63, 3.8) is 0 Å². The topological polar surface area (TPSA) is 34.2 Å². The third-order valence-corrected chi connectivity index (χ3v) is 4.70. The first-order chi connectivity index (χ1) is 9.78. The maximum absolute atomic E-state index is 5.30. The average Bonchev–Trinajstić information content (AvgIpc) is 2.50. The standard InChI is InChI=1S/C17H28N2O/c1-4-5-13-6-8-14(9-7-13)17(18-2)15-10-16(20-3)12-19-11-15/h10-14,17-18H,4-9H2,1-3H3. The van der Waals surface area contributed by atoms with Gasteiger partial charge in [0.15, 0.2) is 0 Å². The zero-order valence-electron chi connectivity index (χ0n) is 13.1. The minimum atomic E-state index is 0.403. The molecule has 3 heteroatoms. The lowest BCUT2D eigenvalue weighted by Crippen LogP contribution is -2.29. The van der Waals surface area contributed by atoms with Crippen molar-refractivity contribution in [2.45, 2.75) is 51.5 Å². The maximum atomic E-state index is 5.30. The molecule has 1 heterocycles. The summed E-state index contributed by atoms with van der Waals surface area (Å²) in [4.78, 5) is 4.30. The van der Waals surface area contributed by atoms with Crippen LogP contribution in [-0.4, -0.2) is 19.1 Å². The fraction of sp³-hybridized carbons (Fsp3) is 0.706. The van der Waals surface area contributed by atoms with Crippen LogP contribution >= 0.6 is 0 Å². The van der Waals surface area contributed by atoms with Crippen LogP contribution in [0.25, 0.3) is 0 Å². The van der Waals surface area contributed by atoms with E-state index in [1.165, 1.54) is 44.1 Å². The lowest BCUT2D eigenvalue weighted by atomic mass is 9.75. The number of rotatable bonds is 6. The van der Waals surface area contributed by atoms with Crippen molar-refractivity contribution in [3.05, 3.63) is 24.0 Å². The van der Waals surface area contributed by atoms with Crippen molar-refractivity contribution in [2.24, 2.45) is 11.8 Å². The molecular formula is C17H28N2O. The van der Waals surface area contributed by atoms with Crippen molar-refractivity contribution in [1.82, 2.24) is 10.3 Å². The second-order valence-corrected chi connectivity index (χ2v) is 5.99. The highest BCUT2D eigenvalue weighted by Gasteiger charge is 2.27. The normalized spacial score (nSPS) is 24.4. The van der Waals surface area contributed by atoms with Crippen LogP contribution in [0.5, 0.6) is 5.75 Å². The highest BCUT2D eigenvalue weighted by atomic mass is 16.5. The van der Waals surface area contributed by atoms with E-state index in [1.807, 2.05) is 6.20 Å². The smallest absolute Gasteiger partial charge is 0.137 e. The monoisotopic (exact) mass is 276 g/mol. The Kier molecular flexibility index (Phi) is 5.84. The Hall–Kier alpha value is -1.09. The zero-order valence-corrected chi connectivity index (χ0v) is 13.1. The molecule has 1 atom stereocenters. The molecule has 1 aromatic heterocycles. The Balaban J connectivity index is 2.01. The predicted octanol–water partition coefficient (Wildman–Crippen LogP) is 3.96. The van der Waals surface area contributed by atoms with Gasteiger partial charge in [0.1, 0.15) is 5.75 Å². The van der Waals surface area contributed by atoms with E-state index in [2.05, 4.69) is 30.3 Å². The number of pyridine rings is 1. The first kappa shape index (κ1) is 15.3. The molecule has 0 bridgehead atoms. The van der Waals surface area contributed by atoms with Crippen molar-refractivity contribution in [2.75, 3.05) is 14.2 Å². The second kappa shape index (κ2) is 7.63. The molecule has 1 aliphatic rings. The summed E-state index contributed by atoms with van der Waals surface area (Å²) >= 11 is 0. The van der Waals surface area contributed by atoms with E-state index in [9.17, 15) is 0 Å². The number of hydrogen-bond donors (Lipinski definition) is 1. The molecule has 0 amide bonds. The fourth-order valence-electron chi connectivity index (χ4n) is 3.61. The third kappa shape index (κ3) is 3.72. The number of methoxy groups -OCH3 is 1. The van der Waals surface area contributed by atoms with Crippen LogP contribution in [0.1, 0.15) is 57.1 Å². The van der Waals surface area contributed by atoms with E-state index < -0.39 is 0 Å². The molecule has 2 rings (SSSR count). The van der Waals surface area contributed by atoms with Crippen molar-refractivity contribution >= 4 is 0 Å². The van der Waals surface area contributed by atoms with Crippen LogP contribution in [0, 0.1) is 11.8 Å². The molecule has 3 nitrogen and oxygen atoms in total. The van der Waals surface area contributed by atoms with Gasteiger partial charge in [0.05, 0.1) is 13.3 Å².